The summed E-state index contributed by atoms with van der Waals surface area (Å²) in [6.07, 6.45) is 1.63. The van der Waals surface area contributed by atoms with Gasteiger partial charge in [0, 0.05) is 17.6 Å². The van der Waals surface area contributed by atoms with Crippen LogP contribution in [0.3, 0.4) is 0 Å². The third-order valence-electron chi connectivity index (χ3n) is 3.46. The molecule has 130 valence electrons. The molecule has 8 nitrogen and oxygen atoms in total. The van der Waals surface area contributed by atoms with Gasteiger partial charge in [-0.05, 0) is 5.56 Å². The van der Waals surface area contributed by atoms with Crippen LogP contribution >= 0.6 is 23.1 Å². The van der Waals surface area contributed by atoms with E-state index >= 15 is 0 Å². The molecule has 0 fully saturated rings. The maximum absolute atomic E-state index is 12.1. The lowest BCUT2D eigenvalue weighted by atomic mass is 10.1. The Labute approximate surface area is 155 Å². The Hall–Kier alpha value is -2.98. The minimum Gasteiger partial charge on any atom is -0.301 e. The molecule has 0 aliphatic rings. The van der Waals surface area contributed by atoms with E-state index in [1.54, 1.807) is 16.0 Å². The zero-order chi connectivity index (χ0) is 17.9. The van der Waals surface area contributed by atoms with Crippen molar-refractivity contribution < 1.29 is 4.79 Å². The van der Waals surface area contributed by atoms with E-state index in [9.17, 15) is 9.59 Å². The number of aromatic nitrogens is 5. The van der Waals surface area contributed by atoms with Gasteiger partial charge in [0.15, 0.2) is 10.3 Å². The van der Waals surface area contributed by atoms with E-state index in [1.807, 2.05) is 30.3 Å². The van der Waals surface area contributed by atoms with Crippen molar-refractivity contribution in [1.29, 1.82) is 0 Å². The number of H-pyrrole nitrogens is 1. The molecule has 1 amide bonds. The molecule has 0 radical (unpaired) electrons. The number of rotatable bonds is 5. The average molecular weight is 384 g/mol. The molecular weight excluding hydrogens is 372 g/mol. The quantitative estimate of drug-likeness (QED) is 0.512. The molecule has 3 aromatic heterocycles. The van der Waals surface area contributed by atoms with Crippen LogP contribution in [0, 0.1) is 0 Å². The third kappa shape index (κ3) is 3.37. The molecule has 26 heavy (non-hydrogen) atoms. The van der Waals surface area contributed by atoms with E-state index in [0.29, 0.717) is 21.8 Å². The summed E-state index contributed by atoms with van der Waals surface area (Å²) < 4.78 is 1.73. The molecule has 3 heterocycles. The van der Waals surface area contributed by atoms with Gasteiger partial charge in [-0.2, -0.15) is 0 Å². The highest BCUT2D eigenvalue weighted by atomic mass is 32.2. The maximum atomic E-state index is 12.1. The molecule has 4 rings (SSSR count). The van der Waals surface area contributed by atoms with Gasteiger partial charge in [-0.1, -0.05) is 42.1 Å². The Balaban J connectivity index is 1.64. The number of aromatic amines is 1. The summed E-state index contributed by atoms with van der Waals surface area (Å²) in [5.41, 5.74) is 1.26. The number of thiazole rings is 1. The van der Waals surface area contributed by atoms with E-state index in [2.05, 4.69) is 25.5 Å². The lowest BCUT2D eigenvalue weighted by Crippen LogP contribution is -2.14. The first kappa shape index (κ1) is 16.5. The molecule has 2 N–H and O–H groups in total. The van der Waals surface area contributed by atoms with Crippen LogP contribution < -0.4 is 10.9 Å². The van der Waals surface area contributed by atoms with Crippen LogP contribution in [0.2, 0.25) is 0 Å². The highest BCUT2D eigenvalue weighted by molar-refractivity contribution is 7.99. The second-order valence-electron chi connectivity index (χ2n) is 5.20. The third-order valence-corrected chi connectivity index (χ3v) is 5.08. The number of nitrogens with zero attached hydrogens (tertiary/aromatic N) is 4. The number of carbonyl (C=O) groups excluding carboxylic acids is 1. The van der Waals surface area contributed by atoms with Crippen LogP contribution in [-0.2, 0) is 4.79 Å². The normalized spacial score (nSPS) is 10.9. The largest absolute Gasteiger partial charge is 0.301 e. The van der Waals surface area contributed by atoms with Gasteiger partial charge in [0.05, 0.1) is 11.4 Å². The molecule has 0 unspecified atom stereocenters. The first-order valence-electron chi connectivity index (χ1n) is 7.57. The molecule has 0 saturated carbocycles. The monoisotopic (exact) mass is 384 g/mol. The molecular formula is C16H12N6O2S2. The molecule has 10 heteroatoms. The fourth-order valence-corrected chi connectivity index (χ4v) is 3.68. The number of hydrogen-bond donors (Lipinski definition) is 2. The minimum atomic E-state index is -0.262. The highest BCUT2D eigenvalue weighted by Crippen LogP contribution is 2.24. The summed E-state index contributed by atoms with van der Waals surface area (Å²) in [7, 11) is 0. The topological polar surface area (TPSA) is 105 Å². The molecule has 0 aliphatic carbocycles. The Kier molecular flexibility index (Phi) is 4.50. The number of carbonyl (C=O) groups is 1. The van der Waals surface area contributed by atoms with Crippen LogP contribution in [-0.4, -0.2) is 36.2 Å². The molecule has 0 saturated heterocycles. The summed E-state index contributed by atoms with van der Waals surface area (Å²) in [6, 6.07) is 11.0. The van der Waals surface area contributed by atoms with Gasteiger partial charge in [-0.3, -0.25) is 19.0 Å². The van der Waals surface area contributed by atoms with Crippen molar-refractivity contribution in [3.63, 3.8) is 0 Å². The van der Waals surface area contributed by atoms with Gasteiger partial charge >= 0.3 is 0 Å². The minimum absolute atomic E-state index is 0.147. The molecule has 0 aliphatic heterocycles. The fourth-order valence-electron chi connectivity index (χ4n) is 2.39. The van der Waals surface area contributed by atoms with Gasteiger partial charge in [0.25, 0.3) is 5.56 Å². The molecule has 1 aromatic carbocycles. The predicted molar refractivity (Wildman–Crippen MR) is 101 cm³/mol. The molecule has 4 aromatic rings. The van der Waals surface area contributed by atoms with Crippen LogP contribution in [0.1, 0.15) is 0 Å². The van der Waals surface area contributed by atoms with Crippen molar-refractivity contribution in [3.05, 3.63) is 58.3 Å². The van der Waals surface area contributed by atoms with Gasteiger partial charge in [0.2, 0.25) is 11.7 Å². The Bertz CT molecular complexity index is 1100. The maximum Gasteiger partial charge on any atom is 0.252 e. The Morgan fingerprint density at radius 3 is 2.88 bits per heavy atom. The number of benzene rings is 1. The zero-order valence-corrected chi connectivity index (χ0v) is 14.9. The number of nitrogens with one attached hydrogen (secondary N) is 2. The summed E-state index contributed by atoms with van der Waals surface area (Å²) >= 11 is 2.59. The molecule has 0 atom stereocenters. The van der Waals surface area contributed by atoms with E-state index in [0.717, 1.165) is 5.56 Å². The zero-order valence-electron chi connectivity index (χ0n) is 13.2. The number of amides is 1. The lowest BCUT2D eigenvalue weighted by Gasteiger charge is -2.07. The van der Waals surface area contributed by atoms with E-state index in [-0.39, 0.29) is 17.2 Å². The number of thioether (sulfide) groups is 1. The van der Waals surface area contributed by atoms with Crippen molar-refractivity contribution in [2.75, 3.05) is 11.1 Å². The van der Waals surface area contributed by atoms with E-state index in [4.69, 9.17) is 0 Å². The van der Waals surface area contributed by atoms with Crippen molar-refractivity contribution in [1.82, 2.24) is 24.6 Å². The van der Waals surface area contributed by atoms with Crippen LogP contribution in [0.4, 0.5) is 5.13 Å². The van der Waals surface area contributed by atoms with Gasteiger partial charge in [0.1, 0.15) is 0 Å². The summed E-state index contributed by atoms with van der Waals surface area (Å²) in [6.45, 7) is 0. The second-order valence-corrected chi connectivity index (χ2v) is 7.04. The summed E-state index contributed by atoms with van der Waals surface area (Å²) in [5.74, 6) is 0.292. The SMILES string of the molecule is O=C(CSc1nnc2[nH]c(=O)cc(-c3ccccc3)n12)Nc1nccs1. The van der Waals surface area contributed by atoms with E-state index in [1.165, 1.54) is 29.2 Å². The number of fused-ring (bicyclic) bond motifs is 1. The van der Waals surface area contributed by atoms with Gasteiger partial charge in [-0.15, -0.1) is 21.5 Å². The Morgan fingerprint density at radius 1 is 1.27 bits per heavy atom. The smallest absolute Gasteiger partial charge is 0.252 e. The van der Waals surface area contributed by atoms with Crippen LogP contribution in [0.25, 0.3) is 17.0 Å². The Morgan fingerprint density at radius 2 is 2.12 bits per heavy atom. The predicted octanol–water partition coefficient (Wildman–Crippen LogP) is 2.27. The van der Waals surface area contributed by atoms with Crippen molar-refractivity contribution in [2.45, 2.75) is 5.16 Å². The summed E-state index contributed by atoms with van der Waals surface area (Å²) in [4.78, 5) is 30.7. The fraction of sp³-hybridized carbons (Fsp3) is 0.0625. The molecule has 0 spiro atoms. The van der Waals surface area contributed by atoms with Crippen molar-refractivity contribution in [2.24, 2.45) is 0 Å². The number of anilines is 1. The second kappa shape index (κ2) is 7.10. The molecule has 0 bridgehead atoms. The lowest BCUT2D eigenvalue weighted by molar-refractivity contribution is -0.113. The first-order valence-corrected chi connectivity index (χ1v) is 9.43. The van der Waals surface area contributed by atoms with Crippen LogP contribution in [0.5, 0.6) is 0 Å². The van der Waals surface area contributed by atoms with Crippen molar-refractivity contribution in [3.8, 4) is 11.3 Å². The number of hydrogen-bond acceptors (Lipinski definition) is 7. The van der Waals surface area contributed by atoms with Crippen molar-refractivity contribution >= 4 is 39.9 Å². The first-order chi connectivity index (χ1) is 12.7. The highest BCUT2D eigenvalue weighted by Gasteiger charge is 2.15. The van der Waals surface area contributed by atoms with Gasteiger partial charge in [-0.25, -0.2) is 4.98 Å². The van der Waals surface area contributed by atoms with E-state index < -0.39 is 0 Å². The van der Waals surface area contributed by atoms with Crippen LogP contribution in [0.15, 0.2) is 57.9 Å². The standard InChI is InChI=1S/C16H12N6O2S2/c23-12-8-11(10-4-2-1-3-5-10)22-14(18-12)20-21-16(22)26-9-13(24)19-15-17-6-7-25-15/h1-8H,9H2,(H,17,19,24)(H,18,20,23). The van der Waals surface area contributed by atoms with Gasteiger partial charge < -0.3 is 5.32 Å². The average Bonchev–Trinajstić information content (AvgIpc) is 3.29. The summed E-state index contributed by atoms with van der Waals surface area (Å²) in [5, 5.41) is 13.7.